The Bertz CT molecular complexity index is 671. The van der Waals surface area contributed by atoms with E-state index in [9.17, 15) is 4.79 Å². The van der Waals surface area contributed by atoms with Crippen molar-refractivity contribution in [1.29, 1.82) is 0 Å². The zero-order valence-electron chi connectivity index (χ0n) is 14.3. The van der Waals surface area contributed by atoms with Gasteiger partial charge >= 0.3 is 6.03 Å². The number of hydrogen-bond acceptors (Lipinski definition) is 3. The number of methoxy groups -OCH3 is 1. The zero-order valence-corrected chi connectivity index (χ0v) is 14.3. The maximum Gasteiger partial charge on any atom is 0.319 e. The molecule has 5 heteroatoms. The normalized spacial score (nSPS) is 10.3. The molecule has 0 aliphatic carbocycles. The standard InChI is InChI=1S/C19H24N2O3/c1-14(2)17-9-4-5-10-18(17)24-12-11-20-19(22)21-15-7-6-8-16(13-15)23-3/h4-10,13-14H,11-12H2,1-3H3,(H2,20,21,22). The van der Waals surface area contributed by atoms with E-state index in [4.69, 9.17) is 9.47 Å². The average molecular weight is 328 g/mol. The molecule has 5 nitrogen and oxygen atoms in total. The van der Waals surface area contributed by atoms with Crippen molar-refractivity contribution in [3.8, 4) is 11.5 Å². The molecule has 2 amide bonds. The van der Waals surface area contributed by atoms with Crippen LogP contribution < -0.4 is 20.1 Å². The molecule has 0 atom stereocenters. The molecule has 0 spiro atoms. The summed E-state index contributed by atoms with van der Waals surface area (Å²) in [5.41, 5.74) is 1.84. The van der Waals surface area contributed by atoms with E-state index in [0.29, 0.717) is 30.5 Å². The van der Waals surface area contributed by atoms with Crippen molar-refractivity contribution in [3.05, 3.63) is 54.1 Å². The van der Waals surface area contributed by atoms with Gasteiger partial charge in [-0.1, -0.05) is 38.1 Å². The first-order valence-corrected chi connectivity index (χ1v) is 8.00. The number of carbonyl (C=O) groups is 1. The molecule has 2 N–H and O–H groups in total. The van der Waals surface area contributed by atoms with Crippen molar-refractivity contribution in [3.63, 3.8) is 0 Å². The second-order valence-corrected chi connectivity index (χ2v) is 5.65. The van der Waals surface area contributed by atoms with E-state index < -0.39 is 0 Å². The monoisotopic (exact) mass is 328 g/mol. The van der Waals surface area contributed by atoms with Crippen molar-refractivity contribution in [1.82, 2.24) is 5.32 Å². The molecular formula is C19H24N2O3. The number of benzene rings is 2. The first kappa shape index (κ1) is 17.7. The van der Waals surface area contributed by atoms with Gasteiger partial charge in [0.25, 0.3) is 0 Å². The van der Waals surface area contributed by atoms with Gasteiger partial charge in [0.05, 0.1) is 13.7 Å². The molecule has 0 fully saturated rings. The summed E-state index contributed by atoms with van der Waals surface area (Å²) in [5, 5.41) is 5.53. The molecular weight excluding hydrogens is 304 g/mol. The molecule has 0 aliphatic heterocycles. The van der Waals surface area contributed by atoms with E-state index in [1.165, 1.54) is 5.56 Å². The molecule has 0 saturated carbocycles. The number of anilines is 1. The molecule has 2 rings (SSSR count). The number of nitrogens with one attached hydrogen (secondary N) is 2. The zero-order chi connectivity index (χ0) is 17.4. The smallest absolute Gasteiger partial charge is 0.319 e. The van der Waals surface area contributed by atoms with E-state index in [1.54, 1.807) is 19.2 Å². The highest BCUT2D eigenvalue weighted by Crippen LogP contribution is 2.25. The Morgan fingerprint density at radius 2 is 1.92 bits per heavy atom. The maximum atomic E-state index is 11.9. The summed E-state index contributed by atoms with van der Waals surface area (Å²) in [6, 6.07) is 14.9. The third-order valence-electron chi connectivity index (χ3n) is 3.51. The minimum Gasteiger partial charge on any atom is -0.497 e. The van der Waals surface area contributed by atoms with E-state index in [0.717, 1.165) is 5.75 Å². The molecule has 0 bridgehead atoms. The number of carbonyl (C=O) groups excluding carboxylic acids is 1. The summed E-state index contributed by atoms with van der Waals surface area (Å²) in [5.74, 6) is 1.95. The fourth-order valence-electron chi connectivity index (χ4n) is 2.29. The van der Waals surface area contributed by atoms with Crippen LogP contribution in [0.25, 0.3) is 0 Å². The van der Waals surface area contributed by atoms with E-state index in [2.05, 4.69) is 30.5 Å². The molecule has 0 saturated heterocycles. The number of hydrogen-bond donors (Lipinski definition) is 2. The Hall–Kier alpha value is -2.69. The number of para-hydroxylation sites is 1. The van der Waals surface area contributed by atoms with Crippen LogP contribution in [0.15, 0.2) is 48.5 Å². The summed E-state index contributed by atoms with van der Waals surface area (Å²) in [6.45, 7) is 5.08. The van der Waals surface area contributed by atoms with Gasteiger partial charge in [-0.2, -0.15) is 0 Å². The number of rotatable bonds is 7. The van der Waals surface area contributed by atoms with Crippen LogP contribution in [0.2, 0.25) is 0 Å². The van der Waals surface area contributed by atoms with Gasteiger partial charge in [0.1, 0.15) is 18.1 Å². The van der Waals surface area contributed by atoms with Crippen molar-refractivity contribution in [2.75, 3.05) is 25.6 Å². The van der Waals surface area contributed by atoms with Crippen LogP contribution in [0.3, 0.4) is 0 Å². The Kier molecular flexibility index (Phi) is 6.49. The van der Waals surface area contributed by atoms with Crippen molar-refractivity contribution >= 4 is 11.7 Å². The van der Waals surface area contributed by atoms with Crippen LogP contribution in [0.5, 0.6) is 11.5 Å². The maximum absolute atomic E-state index is 11.9. The summed E-state index contributed by atoms with van der Waals surface area (Å²) >= 11 is 0. The average Bonchev–Trinajstić information content (AvgIpc) is 2.59. The molecule has 0 heterocycles. The highest BCUT2D eigenvalue weighted by atomic mass is 16.5. The van der Waals surface area contributed by atoms with Gasteiger partial charge in [-0.25, -0.2) is 4.79 Å². The second-order valence-electron chi connectivity index (χ2n) is 5.65. The largest absolute Gasteiger partial charge is 0.497 e. The van der Waals surface area contributed by atoms with Crippen LogP contribution in [-0.2, 0) is 0 Å². The lowest BCUT2D eigenvalue weighted by molar-refractivity contribution is 0.247. The van der Waals surface area contributed by atoms with Gasteiger partial charge in [0.15, 0.2) is 0 Å². The minimum atomic E-state index is -0.274. The Balaban J connectivity index is 1.77. The fourth-order valence-corrected chi connectivity index (χ4v) is 2.29. The van der Waals surface area contributed by atoms with E-state index in [-0.39, 0.29) is 6.03 Å². The molecule has 0 aromatic heterocycles. The third-order valence-corrected chi connectivity index (χ3v) is 3.51. The molecule has 0 unspecified atom stereocenters. The lowest BCUT2D eigenvalue weighted by atomic mass is 10.0. The first-order valence-electron chi connectivity index (χ1n) is 8.00. The highest BCUT2D eigenvalue weighted by Gasteiger charge is 2.07. The fraction of sp³-hybridized carbons (Fsp3) is 0.316. The minimum absolute atomic E-state index is 0.274. The second kappa shape index (κ2) is 8.82. The third kappa shape index (κ3) is 5.19. The van der Waals surface area contributed by atoms with Crippen LogP contribution in [0.1, 0.15) is 25.3 Å². The van der Waals surface area contributed by atoms with Crippen LogP contribution in [-0.4, -0.2) is 26.3 Å². The predicted octanol–water partition coefficient (Wildman–Crippen LogP) is 4.02. The molecule has 24 heavy (non-hydrogen) atoms. The van der Waals surface area contributed by atoms with E-state index in [1.807, 2.05) is 30.3 Å². The molecule has 0 aliphatic rings. The summed E-state index contributed by atoms with van der Waals surface area (Å²) < 4.78 is 10.9. The predicted molar refractivity (Wildman–Crippen MR) is 96.0 cm³/mol. The Labute approximate surface area is 143 Å². The molecule has 0 radical (unpaired) electrons. The summed E-state index contributed by atoms with van der Waals surface area (Å²) in [7, 11) is 1.59. The van der Waals surface area contributed by atoms with Crippen LogP contribution in [0, 0.1) is 0 Å². The van der Waals surface area contributed by atoms with Crippen LogP contribution in [0.4, 0.5) is 10.5 Å². The molecule has 2 aromatic rings. The van der Waals surface area contributed by atoms with Gasteiger partial charge in [-0.05, 0) is 29.7 Å². The lowest BCUT2D eigenvalue weighted by Crippen LogP contribution is -2.32. The SMILES string of the molecule is COc1cccc(NC(=O)NCCOc2ccccc2C(C)C)c1. The van der Waals surface area contributed by atoms with Gasteiger partial charge in [-0.15, -0.1) is 0 Å². The van der Waals surface area contributed by atoms with Gasteiger partial charge in [0.2, 0.25) is 0 Å². The van der Waals surface area contributed by atoms with Gasteiger partial charge < -0.3 is 20.1 Å². The van der Waals surface area contributed by atoms with Gasteiger partial charge in [-0.3, -0.25) is 0 Å². The van der Waals surface area contributed by atoms with Crippen molar-refractivity contribution in [2.45, 2.75) is 19.8 Å². The Morgan fingerprint density at radius 3 is 2.67 bits per heavy atom. The summed E-state index contributed by atoms with van der Waals surface area (Å²) in [4.78, 5) is 11.9. The Morgan fingerprint density at radius 1 is 1.12 bits per heavy atom. The highest BCUT2D eigenvalue weighted by molar-refractivity contribution is 5.89. The topological polar surface area (TPSA) is 59.6 Å². The lowest BCUT2D eigenvalue weighted by Gasteiger charge is -2.14. The van der Waals surface area contributed by atoms with E-state index >= 15 is 0 Å². The number of ether oxygens (including phenoxy) is 2. The van der Waals surface area contributed by atoms with Gasteiger partial charge in [0, 0.05) is 11.8 Å². The number of amides is 2. The summed E-state index contributed by atoms with van der Waals surface area (Å²) in [6.07, 6.45) is 0. The first-order chi connectivity index (χ1) is 11.6. The van der Waals surface area contributed by atoms with Crippen molar-refractivity contribution < 1.29 is 14.3 Å². The number of urea groups is 1. The molecule has 128 valence electrons. The quantitative estimate of drug-likeness (QED) is 0.755. The van der Waals surface area contributed by atoms with Crippen molar-refractivity contribution in [2.24, 2.45) is 0 Å². The van der Waals surface area contributed by atoms with Crippen LogP contribution >= 0.6 is 0 Å². The molecule has 2 aromatic carbocycles.